The molecule has 0 saturated carbocycles. The fourth-order valence-corrected chi connectivity index (χ4v) is 2.56. The molecule has 3 nitrogen and oxygen atoms in total. The Morgan fingerprint density at radius 1 is 1.18 bits per heavy atom. The van der Waals surface area contributed by atoms with Gasteiger partial charge in [0.2, 0.25) is 0 Å². The van der Waals surface area contributed by atoms with E-state index < -0.39 is 0 Å². The van der Waals surface area contributed by atoms with Gasteiger partial charge in [-0.2, -0.15) is 0 Å². The molecule has 0 amide bonds. The van der Waals surface area contributed by atoms with Crippen LogP contribution in [0.25, 0.3) is 0 Å². The van der Waals surface area contributed by atoms with E-state index in [0.717, 1.165) is 32.5 Å². The van der Waals surface area contributed by atoms with Gasteiger partial charge >= 0.3 is 0 Å². The first-order chi connectivity index (χ1) is 7.99. The molecule has 2 atom stereocenters. The third kappa shape index (κ3) is 5.84. The Kier molecular flexibility index (Phi) is 6.45. The molecule has 2 unspecified atom stereocenters. The van der Waals surface area contributed by atoms with Crippen molar-refractivity contribution < 1.29 is 5.11 Å². The van der Waals surface area contributed by atoms with Gasteiger partial charge in [-0.3, -0.25) is 0 Å². The molecule has 0 bridgehead atoms. The Bertz CT molecular complexity index is 198. The van der Waals surface area contributed by atoms with E-state index in [9.17, 15) is 5.11 Å². The Morgan fingerprint density at radius 3 is 2.24 bits per heavy atom. The first kappa shape index (κ1) is 14.9. The lowest BCUT2D eigenvalue weighted by molar-refractivity contribution is 0.0672. The number of hydrogen-bond acceptors (Lipinski definition) is 3. The second kappa shape index (κ2) is 7.34. The van der Waals surface area contributed by atoms with Crippen LogP contribution in [0, 0.1) is 11.8 Å². The number of piperidine rings is 1. The molecule has 1 aliphatic heterocycles. The standard InChI is InChI=1S/C14H30N2O/c1-11(2)15-9-12(3)10-16-7-5-14(6-8-16)13(4)17/h11-15,17H,5-10H2,1-4H3. The second-order valence-corrected chi connectivity index (χ2v) is 6.05. The van der Waals surface area contributed by atoms with Crippen molar-refractivity contribution in [1.29, 1.82) is 0 Å². The fourth-order valence-electron chi connectivity index (χ4n) is 2.56. The quantitative estimate of drug-likeness (QED) is 0.744. The van der Waals surface area contributed by atoms with Gasteiger partial charge in [0.15, 0.2) is 0 Å². The van der Waals surface area contributed by atoms with Crippen molar-refractivity contribution in [3.8, 4) is 0 Å². The summed E-state index contributed by atoms with van der Waals surface area (Å²) in [4.78, 5) is 2.55. The maximum atomic E-state index is 9.56. The van der Waals surface area contributed by atoms with Gasteiger partial charge in [0.25, 0.3) is 0 Å². The van der Waals surface area contributed by atoms with Crippen LogP contribution in [0.15, 0.2) is 0 Å². The zero-order valence-corrected chi connectivity index (χ0v) is 11.9. The minimum Gasteiger partial charge on any atom is -0.393 e. The molecule has 0 aromatic rings. The van der Waals surface area contributed by atoms with Crippen LogP contribution in [0.3, 0.4) is 0 Å². The zero-order chi connectivity index (χ0) is 12.8. The Morgan fingerprint density at radius 2 is 1.76 bits per heavy atom. The lowest BCUT2D eigenvalue weighted by atomic mass is 9.92. The summed E-state index contributed by atoms with van der Waals surface area (Å²) in [5, 5.41) is 13.1. The van der Waals surface area contributed by atoms with Gasteiger partial charge < -0.3 is 15.3 Å². The third-order valence-corrected chi connectivity index (χ3v) is 3.76. The molecule has 1 saturated heterocycles. The normalized spacial score (nSPS) is 22.9. The van der Waals surface area contributed by atoms with Crippen LogP contribution < -0.4 is 5.32 Å². The van der Waals surface area contributed by atoms with Crippen LogP contribution in [0.5, 0.6) is 0 Å². The summed E-state index contributed by atoms with van der Waals surface area (Å²) in [6.07, 6.45) is 2.18. The molecule has 1 aliphatic rings. The summed E-state index contributed by atoms with van der Waals surface area (Å²) in [6, 6.07) is 0.582. The maximum Gasteiger partial charge on any atom is 0.0541 e. The molecule has 0 radical (unpaired) electrons. The smallest absolute Gasteiger partial charge is 0.0541 e. The van der Waals surface area contributed by atoms with Gasteiger partial charge in [-0.25, -0.2) is 0 Å². The minimum absolute atomic E-state index is 0.128. The summed E-state index contributed by atoms with van der Waals surface area (Å²) in [6.45, 7) is 13.2. The number of nitrogens with one attached hydrogen (secondary N) is 1. The van der Waals surface area contributed by atoms with Gasteiger partial charge in [0.05, 0.1) is 6.10 Å². The van der Waals surface area contributed by atoms with Crippen LogP contribution in [0.1, 0.15) is 40.5 Å². The van der Waals surface area contributed by atoms with Crippen molar-refractivity contribution in [2.45, 2.75) is 52.7 Å². The van der Waals surface area contributed by atoms with E-state index in [1.807, 2.05) is 6.92 Å². The lowest BCUT2D eigenvalue weighted by Gasteiger charge is -2.34. The Labute approximate surface area is 107 Å². The molecular weight excluding hydrogens is 212 g/mol. The number of aliphatic hydroxyl groups excluding tert-OH is 1. The number of aliphatic hydroxyl groups is 1. The van der Waals surface area contributed by atoms with Crippen molar-refractivity contribution in [2.24, 2.45) is 11.8 Å². The molecule has 1 rings (SSSR count). The largest absolute Gasteiger partial charge is 0.393 e. The molecule has 2 N–H and O–H groups in total. The molecular formula is C14H30N2O. The van der Waals surface area contributed by atoms with E-state index in [2.05, 4.69) is 31.0 Å². The topological polar surface area (TPSA) is 35.5 Å². The lowest BCUT2D eigenvalue weighted by Crippen LogP contribution is -2.41. The van der Waals surface area contributed by atoms with Gasteiger partial charge in [-0.1, -0.05) is 20.8 Å². The average Bonchev–Trinajstić information content (AvgIpc) is 2.27. The van der Waals surface area contributed by atoms with Crippen LogP contribution in [-0.2, 0) is 0 Å². The van der Waals surface area contributed by atoms with Crippen molar-refractivity contribution in [3.63, 3.8) is 0 Å². The van der Waals surface area contributed by atoms with Gasteiger partial charge in [0.1, 0.15) is 0 Å². The first-order valence-electron chi connectivity index (χ1n) is 7.12. The molecule has 102 valence electrons. The van der Waals surface area contributed by atoms with Crippen LogP contribution in [0.2, 0.25) is 0 Å². The second-order valence-electron chi connectivity index (χ2n) is 6.05. The summed E-state index contributed by atoms with van der Waals surface area (Å²) in [7, 11) is 0. The van der Waals surface area contributed by atoms with E-state index >= 15 is 0 Å². The average molecular weight is 242 g/mol. The minimum atomic E-state index is -0.128. The molecule has 0 aromatic carbocycles. The van der Waals surface area contributed by atoms with E-state index in [-0.39, 0.29) is 6.10 Å². The van der Waals surface area contributed by atoms with Gasteiger partial charge in [-0.05, 0) is 51.2 Å². The summed E-state index contributed by atoms with van der Waals surface area (Å²) < 4.78 is 0. The molecule has 1 fully saturated rings. The predicted octanol–water partition coefficient (Wildman–Crippen LogP) is 1.71. The van der Waals surface area contributed by atoms with Crippen LogP contribution in [-0.4, -0.2) is 48.3 Å². The van der Waals surface area contributed by atoms with Crippen molar-refractivity contribution in [2.75, 3.05) is 26.2 Å². The highest BCUT2D eigenvalue weighted by Gasteiger charge is 2.23. The van der Waals surface area contributed by atoms with Crippen molar-refractivity contribution >= 4 is 0 Å². The highest BCUT2D eigenvalue weighted by atomic mass is 16.3. The number of hydrogen-bond donors (Lipinski definition) is 2. The predicted molar refractivity (Wildman–Crippen MR) is 73.1 cm³/mol. The zero-order valence-electron chi connectivity index (χ0n) is 11.9. The van der Waals surface area contributed by atoms with Crippen molar-refractivity contribution in [3.05, 3.63) is 0 Å². The molecule has 3 heteroatoms. The van der Waals surface area contributed by atoms with E-state index in [1.54, 1.807) is 0 Å². The highest BCUT2D eigenvalue weighted by Crippen LogP contribution is 2.20. The Hall–Kier alpha value is -0.120. The number of rotatable bonds is 6. The summed E-state index contributed by atoms with van der Waals surface area (Å²) >= 11 is 0. The summed E-state index contributed by atoms with van der Waals surface area (Å²) in [5.74, 6) is 1.23. The first-order valence-corrected chi connectivity index (χ1v) is 7.12. The Balaban J connectivity index is 2.17. The number of likely N-dealkylation sites (tertiary alicyclic amines) is 1. The SMILES string of the molecule is CC(CNC(C)C)CN1CCC(C(C)O)CC1. The molecule has 17 heavy (non-hydrogen) atoms. The highest BCUT2D eigenvalue weighted by molar-refractivity contribution is 4.76. The van der Waals surface area contributed by atoms with Crippen molar-refractivity contribution in [1.82, 2.24) is 10.2 Å². The third-order valence-electron chi connectivity index (χ3n) is 3.76. The maximum absolute atomic E-state index is 9.56. The summed E-state index contributed by atoms with van der Waals surface area (Å²) in [5.41, 5.74) is 0. The number of nitrogens with zero attached hydrogens (tertiary/aromatic N) is 1. The fraction of sp³-hybridized carbons (Fsp3) is 1.00. The van der Waals surface area contributed by atoms with E-state index in [0.29, 0.717) is 17.9 Å². The molecule has 1 heterocycles. The molecule has 0 aromatic heterocycles. The van der Waals surface area contributed by atoms with Gasteiger partial charge in [-0.15, -0.1) is 0 Å². The van der Waals surface area contributed by atoms with Crippen LogP contribution in [0.4, 0.5) is 0 Å². The van der Waals surface area contributed by atoms with E-state index in [1.165, 1.54) is 6.54 Å². The monoisotopic (exact) mass is 242 g/mol. The van der Waals surface area contributed by atoms with Gasteiger partial charge in [0, 0.05) is 12.6 Å². The van der Waals surface area contributed by atoms with Crippen LogP contribution >= 0.6 is 0 Å². The molecule has 0 aliphatic carbocycles. The van der Waals surface area contributed by atoms with E-state index in [4.69, 9.17) is 0 Å². The molecule has 0 spiro atoms.